The Morgan fingerprint density at radius 3 is 2.46 bits per heavy atom. The second-order valence-electron chi connectivity index (χ2n) is 6.35. The zero-order valence-corrected chi connectivity index (χ0v) is 15.4. The van der Waals surface area contributed by atoms with Crippen LogP contribution in [0.2, 0.25) is 0 Å². The third kappa shape index (κ3) is 4.32. The molecule has 6 nitrogen and oxygen atoms in total. The Balaban J connectivity index is 1.57. The Morgan fingerprint density at radius 1 is 1.15 bits per heavy atom. The molecule has 1 aliphatic rings. The van der Waals surface area contributed by atoms with Crippen molar-refractivity contribution in [3.05, 3.63) is 48.7 Å². The first-order valence-corrected chi connectivity index (χ1v) is 9.06. The summed E-state index contributed by atoms with van der Waals surface area (Å²) in [6.45, 7) is 5.52. The maximum absolute atomic E-state index is 12.7. The van der Waals surface area contributed by atoms with E-state index in [1.54, 1.807) is 7.11 Å². The van der Waals surface area contributed by atoms with Crippen molar-refractivity contribution in [2.75, 3.05) is 43.5 Å². The quantitative estimate of drug-likeness (QED) is 0.864. The molecule has 1 saturated heterocycles. The van der Waals surface area contributed by atoms with Crippen molar-refractivity contribution < 1.29 is 9.53 Å². The number of pyridine rings is 1. The van der Waals surface area contributed by atoms with Gasteiger partial charge in [0.05, 0.1) is 13.2 Å². The number of nitrogens with zero attached hydrogens (tertiary/aromatic N) is 3. The minimum absolute atomic E-state index is 0.0453. The van der Waals surface area contributed by atoms with Crippen LogP contribution in [0.1, 0.15) is 13.3 Å². The molecule has 1 aliphatic heterocycles. The van der Waals surface area contributed by atoms with E-state index >= 15 is 0 Å². The largest absolute Gasteiger partial charge is 0.497 e. The molecule has 0 radical (unpaired) electrons. The average Bonchev–Trinajstić information content (AvgIpc) is 2.70. The van der Waals surface area contributed by atoms with Crippen molar-refractivity contribution in [1.29, 1.82) is 0 Å². The molecule has 1 aromatic heterocycles. The lowest BCUT2D eigenvalue weighted by molar-refractivity contribution is -0.121. The van der Waals surface area contributed by atoms with Gasteiger partial charge in [0.25, 0.3) is 0 Å². The summed E-state index contributed by atoms with van der Waals surface area (Å²) in [5, 5.41) is 3.02. The van der Waals surface area contributed by atoms with Crippen LogP contribution in [0, 0.1) is 0 Å². The molecule has 0 aliphatic carbocycles. The Hall–Kier alpha value is -2.60. The Morgan fingerprint density at radius 2 is 1.88 bits per heavy atom. The van der Waals surface area contributed by atoms with Crippen molar-refractivity contribution in [1.82, 2.24) is 9.88 Å². The van der Waals surface area contributed by atoms with Crippen molar-refractivity contribution in [3.63, 3.8) is 0 Å². The summed E-state index contributed by atoms with van der Waals surface area (Å²) >= 11 is 0. The molecule has 26 heavy (non-hydrogen) atoms. The van der Waals surface area contributed by atoms with Gasteiger partial charge >= 0.3 is 0 Å². The number of anilines is 2. The van der Waals surface area contributed by atoms with Gasteiger partial charge in [0.2, 0.25) is 5.91 Å². The van der Waals surface area contributed by atoms with E-state index in [9.17, 15) is 4.79 Å². The molecule has 2 heterocycles. The van der Waals surface area contributed by atoms with Crippen molar-refractivity contribution in [2.45, 2.75) is 19.4 Å². The fourth-order valence-electron chi connectivity index (χ4n) is 3.31. The molecule has 1 amide bonds. The molecule has 1 fully saturated rings. The summed E-state index contributed by atoms with van der Waals surface area (Å²) < 4.78 is 5.15. The van der Waals surface area contributed by atoms with E-state index in [2.05, 4.69) is 27.0 Å². The second kappa shape index (κ2) is 8.67. The highest BCUT2D eigenvalue weighted by Gasteiger charge is 2.28. The van der Waals surface area contributed by atoms with Crippen LogP contribution in [0.3, 0.4) is 0 Å². The third-order valence-electron chi connectivity index (χ3n) is 4.78. The fourth-order valence-corrected chi connectivity index (χ4v) is 3.31. The van der Waals surface area contributed by atoms with E-state index in [4.69, 9.17) is 4.74 Å². The molecule has 0 spiro atoms. The lowest BCUT2D eigenvalue weighted by Gasteiger charge is -2.38. The first kappa shape index (κ1) is 18.2. The molecule has 1 atom stereocenters. The highest BCUT2D eigenvalue weighted by molar-refractivity contribution is 5.94. The van der Waals surface area contributed by atoms with E-state index in [0.29, 0.717) is 0 Å². The van der Waals surface area contributed by atoms with Crippen LogP contribution in [0.25, 0.3) is 0 Å². The third-order valence-corrected chi connectivity index (χ3v) is 4.78. The van der Waals surface area contributed by atoms with Crippen LogP contribution in [-0.4, -0.2) is 55.1 Å². The molecule has 138 valence electrons. The lowest BCUT2D eigenvalue weighted by atomic mass is 10.1. The Kier molecular flexibility index (Phi) is 6.07. The zero-order chi connectivity index (χ0) is 18.4. The van der Waals surface area contributed by atoms with Gasteiger partial charge in [-0.05, 0) is 42.8 Å². The van der Waals surface area contributed by atoms with E-state index in [-0.39, 0.29) is 11.9 Å². The molecule has 1 N–H and O–H groups in total. The summed E-state index contributed by atoms with van der Waals surface area (Å²) in [5.74, 6) is 1.83. The van der Waals surface area contributed by atoms with Crippen LogP contribution in [0.5, 0.6) is 5.75 Å². The summed E-state index contributed by atoms with van der Waals surface area (Å²) in [4.78, 5) is 21.7. The van der Waals surface area contributed by atoms with E-state index in [1.807, 2.05) is 48.7 Å². The molecule has 0 bridgehead atoms. The highest BCUT2D eigenvalue weighted by atomic mass is 16.5. The number of rotatable bonds is 6. The number of methoxy groups -OCH3 is 1. The number of aromatic nitrogens is 1. The number of benzene rings is 1. The van der Waals surface area contributed by atoms with Gasteiger partial charge < -0.3 is 15.0 Å². The summed E-state index contributed by atoms with van der Waals surface area (Å²) in [7, 11) is 1.63. The van der Waals surface area contributed by atoms with Gasteiger partial charge in [0.1, 0.15) is 11.6 Å². The first-order valence-electron chi connectivity index (χ1n) is 9.06. The maximum Gasteiger partial charge on any atom is 0.241 e. The number of hydrogen-bond donors (Lipinski definition) is 1. The summed E-state index contributed by atoms with van der Waals surface area (Å²) in [6.07, 6.45) is 2.60. The normalized spacial score (nSPS) is 16.2. The van der Waals surface area contributed by atoms with Crippen LogP contribution in [0.15, 0.2) is 48.7 Å². The van der Waals surface area contributed by atoms with Gasteiger partial charge in [-0.15, -0.1) is 0 Å². The Bertz CT molecular complexity index is 698. The van der Waals surface area contributed by atoms with Crippen LogP contribution in [-0.2, 0) is 4.79 Å². The van der Waals surface area contributed by atoms with Crippen LogP contribution in [0.4, 0.5) is 11.5 Å². The lowest BCUT2D eigenvalue weighted by Crippen LogP contribution is -2.53. The van der Waals surface area contributed by atoms with E-state index in [0.717, 1.165) is 49.9 Å². The standard InChI is InChI=1S/C20H26N4O2/c1-3-18(20(25)22-16-7-9-17(26-2)10-8-16)23-12-14-24(15-13-23)19-6-4-5-11-21-19/h4-11,18H,3,12-15H2,1-2H3,(H,22,25)/t18-/m0/s1. The van der Waals surface area contributed by atoms with Gasteiger partial charge in [-0.1, -0.05) is 13.0 Å². The number of hydrogen-bond acceptors (Lipinski definition) is 5. The topological polar surface area (TPSA) is 57.7 Å². The van der Waals surface area contributed by atoms with Crippen molar-refractivity contribution in [3.8, 4) is 5.75 Å². The average molecular weight is 354 g/mol. The minimum Gasteiger partial charge on any atom is -0.497 e. The van der Waals surface area contributed by atoms with Gasteiger partial charge in [-0.25, -0.2) is 4.98 Å². The molecule has 3 rings (SSSR count). The van der Waals surface area contributed by atoms with E-state index < -0.39 is 0 Å². The first-order chi connectivity index (χ1) is 12.7. The second-order valence-corrected chi connectivity index (χ2v) is 6.35. The number of nitrogens with one attached hydrogen (secondary N) is 1. The summed E-state index contributed by atoms with van der Waals surface area (Å²) in [6, 6.07) is 13.3. The zero-order valence-electron chi connectivity index (χ0n) is 15.4. The van der Waals surface area contributed by atoms with Crippen LogP contribution >= 0.6 is 0 Å². The summed E-state index contributed by atoms with van der Waals surface area (Å²) in [5.41, 5.74) is 0.793. The SMILES string of the molecule is CC[C@@H](C(=O)Nc1ccc(OC)cc1)N1CCN(c2ccccn2)CC1. The smallest absolute Gasteiger partial charge is 0.241 e. The predicted octanol–water partition coefficient (Wildman–Crippen LogP) is 2.63. The number of ether oxygens (including phenoxy) is 1. The van der Waals surface area contributed by atoms with E-state index in [1.165, 1.54) is 0 Å². The monoisotopic (exact) mass is 354 g/mol. The Labute approximate surface area is 154 Å². The highest BCUT2D eigenvalue weighted by Crippen LogP contribution is 2.18. The number of carbonyl (C=O) groups is 1. The minimum atomic E-state index is -0.122. The van der Waals surface area contributed by atoms with Crippen LogP contribution < -0.4 is 15.0 Å². The molecule has 6 heteroatoms. The number of carbonyl (C=O) groups excluding carboxylic acids is 1. The molecule has 2 aromatic rings. The predicted molar refractivity (Wildman–Crippen MR) is 104 cm³/mol. The van der Waals surface area contributed by atoms with Gasteiger partial charge in [0.15, 0.2) is 0 Å². The molecule has 0 unspecified atom stereocenters. The van der Waals surface area contributed by atoms with Gasteiger partial charge in [-0.3, -0.25) is 9.69 Å². The van der Waals surface area contributed by atoms with Gasteiger partial charge in [-0.2, -0.15) is 0 Å². The van der Waals surface area contributed by atoms with Crippen molar-refractivity contribution >= 4 is 17.4 Å². The number of amides is 1. The van der Waals surface area contributed by atoms with Gasteiger partial charge in [0, 0.05) is 38.1 Å². The molecular weight excluding hydrogens is 328 g/mol. The fraction of sp³-hybridized carbons (Fsp3) is 0.400. The number of piperazine rings is 1. The molecule has 0 saturated carbocycles. The van der Waals surface area contributed by atoms with Crippen molar-refractivity contribution in [2.24, 2.45) is 0 Å². The molecule has 1 aromatic carbocycles. The maximum atomic E-state index is 12.7. The molecular formula is C20H26N4O2.